The number of hydrogen-bond acceptors (Lipinski definition) is 1. The van der Waals surface area contributed by atoms with Crippen LogP contribution < -0.4 is 4.98 Å². The lowest BCUT2D eigenvalue weighted by atomic mass is 9.82. The van der Waals surface area contributed by atoms with Crippen molar-refractivity contribution in [3.63, 3.8) is 0 Å². The van der Waals surface area contributed by atoms with Gasteiger partial charge in [0.2, 0.25) is 0 Å². The summed E-state index contributed by atoms with van der Waals surface area (Å²) in [5.74, 6) is 0. The molecular formula is C11H27NSi. The van der Waals surface area contributed by atoms with Crippen molar-refractivity contribution < 1.29 is 0 Å². The minimum absolute atomic E-state index is 0.280. The van der Waals surface area contributed by atoms with Gasteiger partial charge in [-0.15, -0.1) is 0 Å². The third-order valence-electron chi connectivity index (χ3n) is 1.69. The number of hydrogen-bond donors (Lipinski definition) is 1. The highest BCUT2D eigenvalue weighted by Crippen LogP contribution is 2.27. The Morgan fingerprint density at radius 3 is 1.54 bits per heavy atom. The van der Waals surface area contributed by atoms with Gasteiger partial charge in [0.15, 0.2) is 0 Å². The molecule has 0 aromatic heterocycles. The summed E-state index contributed by atoms with van der Waals surface area (Å²) in [4.78, 5) is 3.79. The average molecular weight is 201 g/mol. The van der Waals surface area contributed by atoms with Gasteiger partial charge in [-0.1, -0.05) is 40.4 Å². The van der Waals surface area contributed by atoms with Gasteiger partial charge in [0.05, 0.1) is 0 Å². The molecule has 0 rings (SSSR count). The maximum atomic E-state index is 3.79. The van der Waals surface area contributed by atoms with Crippen LogP contribution in [0, 0.1) is 5.41 Å². The third-order valence-corrected chi connectivity index (χ3v) is 3.11. The van der Waals surface area contributed by atoms with E-state index in [-0.39, 0.29) is 5.54 Å². The molecule has 0 aliphatic rings. The first kappa shape index (κ1) is 13.2. The molecule has 2 heteroatoms. The second-order valence-electron chi connectivity index (χ2n) is 7.00. The summed E-state index contributed by atoms with van der Waals surface area (Å²) >= 11 is 0. The lowest BCUT2D eigenvalue weighted by Crippen LogP contribution is -2.55. The minimum atomic E-state index is -1.14. The first-order valence-electron chi connectivity index (χ1n) is 5.21. The SMILES string of the molecule is CC(C)(C)CC(C)(C)N[Si](C)(C)C. The van der Waals surface area contributed by atoms with Gasteiger partial charge in [0, 0.05) is 5.54 Å². The van der Waals surface area contributed by atoms with Crippen LogP contribution in [-0.2, 0) is 0 Å². The fraction of sp³-hybridized carbons (Fsp3) is 1.00. The molecule has 0 aliphatic carbocycles. The quantitative estimate of drug-likeness (QED) is 0.688. The van der Waals surface area contributed by atoms with Gasteiger partial charge in [-0.3, -0.25) is 0 Å². The first-order valence-corrected chi connectivity index (χ1v) is 8.71. The molecule has 1 N–H and O–H groups in total. The lowest BCUT2D eigenvalue weighted by Gasteiger charge is -2.38. The molecule has 0 aliphatic heterocycles. The molecule has 13 heavy (non-hydrogen) atoms. The van der Waals surface area contributed by atoms with E-state index in [1.807, 2.05) is 0 Å². The number of nitrogens with one attached hydrogen (secondary N) is 1. The van der Waals surface area contributed by atoms with Crippen LogP contribution in [-0.4, -0.2) is 13.8 Å². The van der Waals surface area contributed by atoms with Crippen molar-refractivity contribution in [2.45, 2.75) is 66.2 Å². The van der Waals surface area contributed by atoms with Crippen LogP contribution in [0.2, 0.25) is 19.6 Å². The summed E-state index contributed by atoms with van der Waals surface area (Å²) < 4.78 is 0. The van der Waals surface area contributed by atoms with Crippen LogP contribution in [0.5, 0.6) is 0 Å². The molecule has 80 valence electrons. The zero-order valence-corrected chi connectivity index (χ0v) is 11.7. The predicted molar refractivity (Wildman–Crippen MR) is 64.6 cm³/mol. The summed E-state index contributed by atoms with van der Waals surface area (Å²) in [7, 11) is -1.14. The summed E-state index contributed by atoms with van der Waals surface area (Å²) in [5, 5.41) is 0. The summed E-state index contributed by atoms with van der Waals surface area (Å²) in [5.41, 5.74) is 0.693. The van der Waals surface area contributed by atoms with Crippen molar-refractivity contribution >= 4 is 8.24 Å². The maximum absolute atomic E-state index is 3.79. The van der Waals surface area contributed by atoms with Gasteiger partial charge < -0.3 is 4.98 Å². The molecular weight excluding hydrogens is 174 g/mol. The van der Waals surface area contributed by atoms with E-state index < -0.39 is 8.24 Å². The Hall–Kier alpha value is 0.177. The summed E-state index contributed by atoms with van der Waals surface area (Å²) in [6.45, 7) is 18.6. The van der Waals surface area contributed by atoms with E-state index in [1.165, 1.54) is 6.42 Å². The molecule has 0 amide bonds. The van der Waals surface area contributed by atoms with E-state index in [4.69, 9.17) is 0 Å². The van der Waals surface area contributed by atoms with Crippen LogP contribution in [0.4, 0.5) is 0 Å². The molecule has 0 bridgehead atoms. The second kappa shape index (κ2) is 3.74. The zero-order valence-electron chi connectivity index (χ0n) is 10.7. The van der Waals surface area contributed by atoms with Crippen molar-refractivity contribution in [3.8, 4) is 0 Å². The Kier molecular flexibility index (Phi) is 3.79. The Labute approximate surface area is 85.4 Å². The van der Waals surface area contributed by atoms with E-state index in [2.05, 4.69) is 59.2 Å². The molecule has 1 nitrogen and oxygen atoms in total. The maximum Gasteiger partial charge on any atom is 0.116 e. The zero-order chi connectivity index (χ0) is 10.9. The smallest absolute Gasteiger partial charge is 0.116 e. The first-order chi connectivity index (χ1) is 5.41. The fourth-order valence-electron chi connectivity index (χ4n) is 2.39. The highest BCUT2D eigenvalue weighted by molar-refractivity contribution is 6.73. The molecule has 0 radical (unpaired) electrons. The van der Waals surface area contributed by atoms with E-state index in [9.17, 15) is 0 Å². The van der Waals surface area contributed by atoms with Crippen LogP contribution >= 0.6 is 0 Å². The van der Waals surface area contributed by atoms with Gasteiger partial charge >= 0.3 is 0 Å². The third kappa shape index (κ3) is 8.51. The Morgan fingerprint density at radius 1 is 0.923 bits per heavy atom. The van der Waals surface area contributed by atoms with Crippen molar-refractivity contribution in [3.05, 3.63) is 0 Å². The van der Waals surface area contributed by atoms with Crippen molar-refractivity contribution in [2.24, 2.45) is 5.41 Å². The van der Waals surface area contributed by atoms with E-state index >= 15 is 0 Å². The molecule has 0 aromatic carbocycles. The normalized spacial score (nSPS) is 14.8. The average Bonchev–Trinajstić information content (AvgIpc) is 1.43. The summed E-state index contributed by atoms with van der Waals surface area (Å²) in [6, 6.07) is 0. The molecule has 0 fully saturated rings. The highest BCUT2D eigenvalue weighted by Gasteiger charge is 2.29. The van der Waals surface area contributed by atoms with Gasteiger partial charge in [-0.05, 0) is 25.7 Å². The van der Waals surface area contributed by atoms with Crippen LogP contribution in [0.1, 0.15) is 41.0 Å². The van der Waals surface area contributed by atoms with Crippen molar-refractivity contribution in [1.82, 2.24) is 4.98 Å². The molecule has 0 heterocycles. The van der Waals surface area contributed by atoms with Crippen LogP contribution in [0.3, 0.4) is 0 Å². The van der Waals surface area contributed by atoms with Gasteiger partial charge in [0.25, 0.3) is 0 Å². The van der Waals surface area contributed by atoms with Gasteiger partial charge in [0.1, 0.15) is 8.24 Å². The molecule has 0 saturated heterocycles. The highest BCUT2D eigenvalue weighted by atomic mass is 28.3. The topological polar surface area (TPSA) is 12.0 Å². The minimum Gasteiger partial charge on any atom is -0.333 e. The Morgan fingerprint density at radius 2 is 1.31 bits per heavy atom. The monoisotopic (exact) mass is 201 g/mol. The Balaban J connectivity index is 4.25. The van der Waals surface area contributed by atoms with E-state index in [0.717, 1.165) is 0 Å². The van der Waals surface area contributed by atoms with E-state index in [0.29, 0.717) is 5.41 Å². The fourth-order valence-corrected chi connectivity index (χ4v) is 4.50. The Bertz CT molecular complexity index is 142. The predicted octanol–water partition coefficient (Wildman–Crippen LogP) is 3.63. The second-order valence-corrected chi connectivity index (χ2v) is 11.7. The van der Waals surface area contributed by atoms with Crippen molar-refractivity contribution in [2.75, 3.05) is 0 Å². The van der Waals surface area contributed by atoms with Crippen LogP contribution in [0.15, 0.2) is 0 Å². The molecule has 0 unspecified atom stereocenters. The standard InChI is InChI=1S/C11H27NSi/c1-10(2,3)9-11(4,5)12-13(6,7)8/h12H,9H2,1-8H3. The van der Waals surface area contributed by atoms with Gasteiger partial charge in [-0.25, -0.2) is 0 Å². The molecule has 0 saturated carbocycles. The summed E-state index contributed by atoms with van der Waals surface area (Å²) in [6.07, 6.45) is 1.23. The van der Waals surface area contributed by atoms with Crippen LogP contribution in [0.25, 0.3) is 0 Å². The molecule has 0 atom stereocenters. The molecule has 0 spiro atoms. The van der Waals surface area contributed by atoms with Crippen molar-refractivity contribution in [1.29, 1.82) is 0 Å². The number of rotatable bonds is 3. The molecule has 0 aromatic rings. The van der Waals surface area contributed by atoms with E-state index in [1.54, 1.807) is 0 Å². The largest absolute Gasteiger partial charge is 0.333 e. The lowest BCUT2D eigenvalue weighted by molar-refractivity contribution is 0.268. The van der Waals surface area contributed by atoms with Gasteiger partial charge in [-0.2, -0.15) is 0 Å².